The average Bonchev–Trinajstić information content (AvgIpc) is 3.07. The van der Waals surface area contributed by atoms with Crippen molar-refractivity contribution in [2.45, 2.75) is 18.9 Å². The molecule has 1 aromatic heterocycles. The van der Waals surface area contributed by atoms with Gasteiger partial charge in [-0.25, -0.2) is 0 Å². The molecule has 1 fully saturated rings. The molecule has 0 radical (unpaired) electrons. The van der Waals surface area contributed by atoms with Crippen LogP contribution in [0.4, 0.5) is 5.69 Å². The number of ether oxygens (including phenoxy) is 1. The van der Waals surface area contributed by atoms with Crippen molar-refractivity contribution in [3.8, 4) is 0 Å². The minimum absolute atomic E-state index is 0.431. The number of hydrogen-bond donors (Lipinski definition) is 2. The fourth-order valence-electron chi connectivity index (χ4n) is 2.21. The van der Waals surface area contributed by atoms with Crippen molar-refractivity contribution in [2.24, 2.45) is 5.92 Å². The van der Waals surface area contributed by atoms with E-state index in [1.54, 1.807) is 7.11 Å². The highest BCUT2D eigenvalue weighted by molar-refractivity contribution is 5.81. The molecule has 0 aliphatic heterocycles. The van der Waals surface area contributed by atoms with Crippen molar-refractivity contribution in [3.05, 3.63) is 24.4 Å². The van der Waals surface area contributed by atoms with Crippen LogP contribution in [0.3, 0.4) is 0 Å². The lowest BCUT2D eigenvalue weighted by Crippen LogP contribution is -2.27. The molecule has 0 bridgehead atoms. The van der Waals surface area contributed by atoms with Gasteiger partial charge in [-0.05, 0) is 37.0 Å². The average molecular weight is 231 g/mol. The maximum Gasteiger partial charge on any atom is 0.0670 e. The molecule has 1 atom stereocenters. The lowest BCUT2D eigenvalue weighted by molar-refractivity contribution is 0.179. The Bertz CT molecular complexity index is 504. The van der Waals surface area contributed by atoms with Gasteiger partial charge in [0.2, 0.25) is 0 Å². The van der Waals surface area contributed by atoms with Gasteiger partial charge in [-0.2, -0.15) is 5.10 Å². The largest absolute Gasteiger partial charge is 0.383 e. The Morgan fingerprint density at radius 3 is 3.18 bits per heavy atom. The third kappa shape index (κ3) is 2.26. The monoisotopic (exact) mass is 231 g/mol. The summed E-state index contributed by atoms with van der Waals surface area (Å²) < 4.78 is 5.27. The van der Waals surface area contributed by atoms with E-state index in [0.29, 0.717) is 6.04 Å². The van der Waals surface area contributed by atoms with Gasteiger partial charge in [-0.15, -0.1) is 0 Å². The molecule has 1 aliphatic rings. The lowest BCUT2D eigenvalue weighted by atomic mass is 10.1. The van der Waals surface area contributed by atoms with E-state index in [0.717, 1.165) is 29.1 Å². The maximum absolute atomic E-state index is 5.27. The van der Waals surface area contributed by atoms with Crippen LogP contribution in [-0.2, 0) is 4.74 Å². The number of benzene rings is 1. The summed E-state index contributed by atoms with van der Waals surface area (Å²) in [4.78, 5) is 0. The first kappa shape index (κ1) is 10.6. The van der Waals surface area contributed by atoms with E-state index in [1.807, 2.05) is 6.20 Å². The Morgan fingerprint density at radius 2 is 2.41 bits per heavy atom. The SMILES string of the molecule is COCC(Nc1ccc2cn[nH]c2c1)C1CC1. The van der Waals surface area contributed by atoms with Crippen molar-refractivity contribution in [1.29, 1.82) is 0 Å². The minimum atomic E-state index is 0.431. The minimum Gasteiger partial charge on any atom is -0.383 e. The zero-order valence-electron chi connectivity index (χ0n) is 9.94. The normalized spacial score (nSPS) is 17.2. The molecular weight excluding hydrogens is 214 g/mol. The molecule has 1 saturated carbocycles. The summed E-state index contributed by atoms with van der Waals surface area (Å²) in [5, 5.41) is 11.7. The molecule has 0 amide bonds. The molecule has 3 rings (SSSR count). The quantitative estimate of drug-likeness (QED) is 0.830. The van der Waals surface area contributed by atoms with Crippen molar-refractivity contribution >= 4 is 16.6 Å². The van der Waals surface area contributed by atoms with Crippen LogP contribution < -0.4 is 5.32 Å². The van der Waals surface area contributed by atoms with Crippen LogP contribution in [-0.4, -0.2) is 30.0 Å². The van der Waals surface area contributed by atoms with Crippen molar-refractivity contribution < 1.29 is 4.74 Å². The number of fused-ring (bicyclic) bond motifs is 1. The Morgan fingerprint density at radius 1 is 1.53 bits per heavy atom. The molecule has 4 nitrogen and oxygen atoms in total. The molecule has 1 unspecified atom stereocenters. The molecule has 1 aromatic carbocycles. The van der Waals surface area contributed by atoms with Crippen LogP contribution in [0.2, 0.25) is 0 Å². The topological polar surface area (TPSA) is 49.9 Å². The van der Waals surface area contributed by atoms with Crippen LogP contribution in [0, 0.1) is 5.92 Å². The Kier molecular flexibility index (Phi) is 2.73. The first-order valence-corrected chi connectivity index (χ1v) is 6.05. The number of aromatic amines is 1. The van der Waals surface area contributed by atoms with E-state index in [9.17, 15) is 0 Å². The first-order chi connectivity index (χ1) is 8.36. The number of hydrogen-bond acceptors (Lipinski definition) is 3. The highest BCUT2D eigenvalue weighted by Gasteiger charge is 2.31. The molecule has 2 aromatic rings. The number of methoxy groups -OCH3 is 1. The second kappa shape index (κ2) is 4.37. The molecule has 0 spiro atoms. The van der Waals surface area contributed by atoms with Crippen LogP contribution in [0.25, 0.3) is 10.9 Å². The van der Waals surface area contributed by atoms with E-state index < -0.39 is 0 Å². The van der Waals surface area contributed by atoms with Gasteiger partial charge in [0.25, 0.3) is 0 Å². The third-order valence-electron chi connectivity index (χ3n) is 3.33. The summed E-state index contributed by atoms with van der Waals surface area (Å²) in [5.41, 5.74) is 2.21. The first-order valence-electron chi connectivity index (χ1n) is 6.05. The molecule has 0 saturated heterocycles. The van der Waals surface area contributed by atoms with E-state index in [-0.39, 0.29) is 0 Å². The second-order valence-electron chi connectivity index (χ2n) is 4.72. The molecule has 1 heterocycles. The van der Waals surface area contributed by atoms with Crippen LogP contribution in [0.15, 0.2) is 24.4 Å². The van der Waals surface area contributed by atoms with Gasteiger partial charge in [-0.3, -0.25) is 5.10 Å². The van der Waals surface area contributed by atoms with Gasteiger partial charge < -0.3 is 10.1 Å². The predicted octanol–water partition coefficient (Wildman–Crippen LogP) is 2.40. The second-order valence-corrected chi connectivity index (χ2v) is 4.72. The van der Waals surface area contributed by atoms with Crippen LogP contribution in [0.1, 0.15) is 12.8 Å². The van der Waals surface area contributed by atoms with Gasteiger partial charge in [0.1, 0.15) is 0 Å². The zero-order chi connectivity index (χ0) is 11.7. The molecule has 4 heteroatoms. The maximum atomic E-state index is 5.27. The fourth-order valence-corrected chi connectivity index (χ4v) is 2.21. The zero-order valence-corrected chi connectivity index (χ0v) is 9.94. The van der Waals surface area contributed by atoms with Crippen molar-refractivity contribution in [3.63, 3.8) is 0 Å². The molecular formula is C13H17N3O. The molecule has 17 heavy (non-hydrogen) atoms. The highest BCUT2D eigenvalue weighted by atomic mass is 16.5. The third-order valence-corrected chi connectivity index (χ3v) is 3.33. The standard InChI is InChI=1S/C13H17N3O/c1-17-8-13(9-2-3-9)15-11-5-4-10-7-14-16-12(10)6-11/h4-7,9,13,15H,2-3,8H2,1H3,(H,14,16). The lowest BCUT2D eigenvalue weighted by Gasteiger charge is -2.18. The smallest absolute Gasteiger partial charge is 0.0670 e. The summed E-state index contributed by atoms with van der Waals surface area (Å²) in [6.45, 7) is 0.770. The number of H-pyrrole nitrogens is 1. The van der Waals surface area contributed by atoms with Crippen molar-refractivity contribution in [1.82, 2.24) is 10.2 Å². The highest BCUT2D eigenvalue weighted by Crippen LogP contribution is 2.34. The number of aromatic nitrogens is 2. The Hall–Kier alpha value is -1.55. The summed E-state index contributed by atoms with van der Waals surface area (Å²) in [6.07, 6.45) is 4.47. The van der Waals surface area contributed by atoms with Gasteiger partial charge in [0.05, 0.1) is 24.4 Å². The Balaban J connectivity index is 1.77. The van der Waals surface area contributed by atoms with Gasteiger partial charge >= 0.3 is 0 Å². The Labute approximate surface area is 100 Å². The van der Waals surface area contributed by atoms with E-state index in [1.165, 1.54) is 12.8 Å². The number of rotatable bonds is 5. The van der Waals surface area contributed by atoms with E-state index >= 15 is 0 Å². The number of nitrogens with zero attached hydrogens (tertiary/aromatic N) is 1. The molecule has 1 aliphatic carbocycles. The summed E-state index contributed by atoms with van der Waals surface area (Å²) in [5.74, 6) is 0.771. The number of nitrogens with one attached hydrogen (secondary N) is 2. The van der Waals surface area contributed by atoms with Crippen LogP contribution >= 0.6 is 0 Å². The molecule has 2 N–H and O–H groups in total. The van der Waals surface area contributed by atoms with Gasteiger partial charge in [0, 0.05) is 18.2 Å². The van der Waals surface area contributed by atoms with E-state index in [2.05, 4.69) is 33.7 Å². The van der Waals surface area contributed by atoms with E-state index in [4.69, 9.17) is 4.74 Å². The van der Waals surface area contributed by atoms with Gasteiger partial charge in [-0.1, -0.05) is 0 Å². The van der Waals surface area contributed by atoms with Crippen molar-refractivity contribution in [2.75, 3.05) is 19.0 Å². The summed E-state index contributed by atoms with van der Waals surface area (Å²) in [6, 6.07) is 6.72. The summed E-state index contributed by atoms with van der Waals surface area (Å²) >= 11 is 0. The fraction of sp³-hybridized carbons (Fsp3) is 0.462. The predicted molar refractivity (Wildman–Crippen MR) is 68.1 cm³/mol. The number of anilines is 1. The molecule has 90 valence electrons. The summed E-state index contributed by atoms with van der Waals surface area (Å²) in [7, 11) is 1.76. The van der Waals surface area contributed by atoms with Gasteiger partial charge in [0.15, 0.2) is 0 Å². The van der Waals surface area contributed by atoms with Crippen LogP contribution in [0.5, 0.6) is 0 Å².